The fourth-order valence-electron chi connectivity index (χ4n) is 11.0. The number of carbonyl (C=O) groups is 3. The Hall–Kier alpha value is -5.75. The molecule has 16 nitrogen and oxygen atoms in total. The van der Waals surface area contributed by atoms with Crippen LogP contribution in [0.1, 0.15) is 95.9 Å². The second kappa shape index (κ2) is 20.7. The number of aliphatic hydroxyl groups excluding tert-OH is 1. The van der Waals surface area contributed by atoms with Crippen LogP contribution < -0.4 is 16.4 Å². The number of nitrogens with one attached hydrogen (secondary N) is 2. The summed E-state index contributed by atoms with van der Waals surface area (Å²) in [6, 6.07) is 16.5. The lowest BCUT2D eigenvalue weighted by atomic mass is 9.82. The van der Waals surface area contributed by atoms with Crippen molar-refractivity contribution in [2.75, 3.05) is 38.5 Å². The number of benzene rings is 2. The number of aryl methyl sites for hydroxylation is 1. The van der Waals surface area contributed by atoms with Crippen LogP contribution in [0.2, 0.25) is 0 Å². The smallest absolute Gasteiger partial charge is 0.246 e. The number of aromatic hydroxyl groups is 1. The van der Waals surface area contributed by atoms with Crippen LogP contribution in [-0.2, 0) is 20.9 Å². The van der Waals surface area contributed by atoms with E-state index in [1.165, 1.54) is 4.90 Å². The molecule has 1 saturated carbocycles. The highest BCUT2D eigenvalue weighted by Gasteiger charge is 2.45. The van der Waals surface area contributed by atoms with E-state index in [-0.39, 0.29) is 42.4 Å². The van der Waals surface area contributed by atoms with E-state index in [1.54, 1.807) is 23.5 Å². The molecule has 1 aliphatic carbocycles. The summed E-state index contributed by atoms with van der Waals surface area (Å²) in [7, 11) is 0. The first-order valence-corrected chi connectivity index (χ1v) is 25.6. The van der Waals surface area contributed by atoms with Crippen molar-refractivity contribution in [3.63, 3.8) is 0 Å². The zero-order chi connectivity index (χ0) is 48.4. The third-order valence-electron chi connectivity index (χ3n) is 15.1. The highest BCUT2D eigenvalue weighted by molar-refractivity contribution is 7.13. The largest absolute Gasteiger partial charge is 0.507 e. The number of hydrogen-bond donors (Lipinski definition) is 5. The van der Waals surface area contributed by atoms with Gasteiger partial charge in [-0.15, -0.1) is 21.5 Å². The number of carbonyl (C=O) groups excluding carboxylic acids is 3. The molecule has 9 rings (SSSR count). The van der Waals surface area contributed by atoms with Crippen LogP contribution in [0, 0.1) is 18.3 Å². The number of para-hydroxylation sites is 1. The molecule has 6 N–H and O–H groups in total. The lowest BCUT2D eigenvalue weighted by Gasteiger charge is -2.45. The highest BCUT2D eigenvalue weighted by Crippen LogP contribution is 2.36. The summed E-state index contributed by atoms with van der Waals surface area (Å²) in [5, 5.41) is 40.4. The van der Waals surface area contributed by atoms with E-state index in [0.29, 0.717) is 41.7 Å². The van der Waals surface area contributed by atoms with Crippen molar-refractivity contribution >= 4 is 34.9 Å². The van der Waals surface area contributed by atoms with Gasteiger partial charge in [-0.2, -0.15) is 5.10 Å². The Bertz CT molecular complexity index is 2590. The van der Waals surface area contributed by atoms with Gasteiger partial charge in [-0.1, -0.05) is 57.2 Å². The number of anilines is 1. The van der Waals surface area contributed by atoms with Crippen molar-refractivity contribution in [3.05, 3.63) is 83.8 Å². The number of thiazole rings is 1. The molecule has 0 unspecified atom stereocenters. The summed E-state index contributed by atoms with van der Waals surface area (Å²) >= 11 is 1.59. The number of phenolic OH excluding ortho intramolecular Hbond substituents is 1. The van der Waals surface area contributed by atoms with Crippen molar-refractivity contribution in [1.82, 2.24) is 50.3 Å². The van der Waals surface area contributed by atoms with Crippen molar-refractivity contribution in [1.29, 1.82) is 0 Å². The number of phenols is 1. The molecule has 0 bridgehead atoms. The first-order valence-electron chi connectivity index (χ1n) is 24.7. The SMILES string of the molecule is Cc1ncsc1-c1ccc(CNC(=O)[C@@H]2C[C@@H](O)CN2C(=O)[C@@H](NC(=O)[C@H]2CC[C@H](N3CCC(N4CCC(n5cc(-c6cc(-c7ccccc7O)nnc6N)cn5)CC4)CC3)CC2)C(C)(C)C)cc1. The maximum absolute atomic E-state index is 14.3. The van der Waals surface area contributed by atoms with Gasteiger partial charge in [0.1, 0.15) is 17.8 Å². The molecular weight excluding hydrogens is 891 g/mol. The number of β-amino-alcohol motifs (C(OH)–C–C–N with tert-alkyl or cyclic N) is 1. The second-order valence-corrected chi connectivity index (χ2v) is 21.5. The van der Waals surface area contributed by atoms with E-state index in [4.69, 9.17) is 10.8 Å². The molecule has 3 aromatic heterocycles. The van der Waals surface area contributed by atoms with Gasteiger partial charge in [0.2, 0.25) is 17.7 Å². The zero-order valence-corrected chi connectivity index (χ0v) is 41.1. The third kappa shape index (κ3) is 10.9. The van der Waals surface area contributed by atoms with Crippen LogP contribution in [-0.4, -0.2) is 131 Å². The van der Waals surface area contributed by atoms with Gasteiger partial charge in [-0.25, -0.2) is 4.98 Å². The molecule has 3 atom stereocenters. The minimum atomic E-state index is -0.846. The molecule has 0 spiro atoms. The number of nitrogen functional groups attached to an aromatic ring is 1. The van der Waals surface area contributed by atoms with Gasteiger partial charge < -0.3 is 41.3 Å². The van der Waals surface area contributed by atoms with Crippen LogP contribution >= 0.6 is 11.3 Å². The van der Waals surface area contributed by atoms with E-state index in [1.807, 2.05) is 88.1 Å². The predicted octanol–water partition coefficient (Wildman–Crippen LogP) is 6.20. The second-order valence-electron chi connectivity index (χ2n) is 20.7. The first kappa shape index (κ1) is 48.3. The standard InChI is InChI=1S/C52H67N11O5S/c1-32-46(69-31-55-32)34-11-9-33(10-12-34)27-54-50(67)44-25-40(64)30-62(44)51(68)47(52(2,3)4)57-49(66)35-13-15-37(16-14-35)60-21-17-38(18-22-60)61-23-19-39(20-24-61)63-29-36(28-56-63)42-26-43(58-59-48(42)53)41-7-5-6-8-45(41)65/h5-12,26,28-29,31,35,37-40,44,47,64-65H,13-25,27,30H2,1-4H3,(H2,53,59)(H,54,67)(H,57,66)/t35-,37-,40-,44+,47-/m1/s1. The highest BCUT2D eigenvalue weighted by atomic mass is 32.1. The molecule has 6 heterocycles. The van der Waals surface area contributed by atoms with Crippen molar-refractivity contribution in [3.8, 4) is 38.6 Å². The Morgan fingerprint density at radius 3 is 2.16 bits per heavy atom. The number of aliphatic hydroxyl groups is 1. The van der Waals surface area contributed by atoms with E-state index >= 15 is 0 Å². The molecule has 69 heavy (non-hydrogen) atoms. The summed E-state index contributed by atoms with van der Waals surface area (Å²) in [4.78, 5) is 54.1. The predicted molar refractivity (Wildman–Crippen MR) is 267 cm³/mol. The molecule has 5 aromatic rings. The summed E-state index contributed by atoms with van der Waals surface area (Å²) in [6.07, 6.45) is 10.9. The van der Waals surface area contributed by atoms with E-state index in [0.717, 1.165) is 110 Å². The molecular formula is C52H67N11O5S. The number of piperidine rings is 2. The van der Waals surface area contributed by atoms with Crippen molar-refractivity contribution < 1.29 is 24.6 Å². The normalized spacial score (nSPS) is 22.7. The van der Waals surface area contributed by atoms with Gasteiger partial charge in [0.25, 0.3) is 0 Å². The number of aromatic nitrogens is 5. The topological polar surface area (TPSA) is 208 Å². The molecule has 0 radical (unpaired) electrons. The number of nitrogens with two attached hydrogens (primary N) is 1. The summed E-state index contributed by atoms with van der Waals surface area (Å²) in [5.41, 5.74) is 13.2. The molecule has 3 aliphatic heterocycles. The zero-order valence-electron chi connectivity index (χ0n) is 40.3. The Labute approximate surface area is 408 Å². The molecule has 3 amide bonds. The lowest BCUT2D eigenvalue weighted by molar-refractivity contribution is -0.144. The monoisotopic (exact) mass is 958 g/mol. The number of nitrogens with zero attached hydrogens (tertiary/aromatic N) is 8. The van der Waals surface area contributed by atoms with Crippen molar-refractivity contribution in [2.24, 2.45) is 11.3 Å². The summed E-state index contributed by atoms with van der Waals surface area (Å²) < 4.78 is 2.07. The molecule has 3 saturated heterocycles. The Balaban J connectivity index is 0.719. The summed E-state index contributed by atoms with van der Waals surface area (Å²) in [6.45, 7) is 12.3. The van der Waals surface area contributed by atoms with Crippen LogP contribution in [0.3, 0.4) is 0 Å². The van der Waals surface area contributed by atoms with Crippen LogP contribution in [0.25, 0.3) is 32.8 Å². The Morgan fingerprint density at radius 2 is 1.51 bits per heavy atom. The van der Waals surface area contributed by atoms with Gasteiger partial charge >= 0.3 is 0 Å². The van der Waals surface area contributed by atoms with E-state index < -0.39 is 23.6 Å². The third-order valence-corrected chi connectivity index (χ3v) is 16.1. The Kier molecular flexibility index (Phi) is 14.5. The van der Waals surface area contributed by atoms with Gasteiger partial charge in [0.05, 0.1) is 40.1 Å². The molecule has 4 aliphatic rings. The molecule has 2 aromatic carbocycles. The minimum Gasteiger partial charge on any atom is -0.507 e. The quantitative estimate of drug-likeness (QED) is 0.0949. The maximum Gasteiger partial charge on any atom is 0.246 e. The van der Waals surface area contributed by atoms with Crippen LogP contribution in [0.4, 0.5) is 5.82 Å². The molecule has 4 fully saturated rings. The maximum atomic E-state index is 14.3. The van der Waals surface area contributed by atoms with E-state index in [2.05, 4.69) is 40.3 Å². The minimum absolute atomic E-state index is 0.0432. The average Bonchev–Trinajstić information content (AvgIpc) is 4.13. The van der Waals surface area contributed by atoms with Crippen LogP contribution in [0.5, 0.6) is 5.75 Å². The fourth-order valence-corrected chi connectivity index (χ4v) is 11.8. The number of hydrogen-bond acceptors (Lipinski definition) is 13. The van der Waals surface area contributed by atoms with E-state index in [9.17, 15) is 24.6 Å². The number of rotatable bonds is 12. The first-order chi connectivity index (χ1) is 33.2. The van der Waals surface area contributed by atoms with Crippen molar-refractivity contribution in [2.45, 2.75) is 128 Å². The molecule has 366 valence electrons. The van der Waals surface area contributed by atoms with Crippen LogP contribution in [0.15, 0.2) is 72.5 Å². The number of amides is 3. The van der Waals surface area contributed by atoms with Gasteiger partial charge in [0, 0.05) is 73.5 Å². The average molecular weight is 958 g/mol. The number of likely N-dealkylation sites (tertiary alicyclic amines) is 3. The molecule has 17 heteroatoms. The Morgan fingerprint density at radius 1 is 0.841 bits per heavy atom. The lowest BCUT2D eigenvalue weighted by Crippen LogP contribution is -2.58. The van der Waals surface area contributed by atoms with Gasteiger partial charge in [0.15, 0.2) is 5.82 Å². The van der Waals surface area contributed by atoms with Gasteiger partial charge in [-0.3, -0.25) is 19.1 Å². The van der Waals surface area contributed by atoms with Gasteiger partial charge in [-0.05, 0) is 106 Å². The fraction of sp³-hybridized carbons (Fsp3) is 0.519. The summed E-state index contributed by atoms with van der Waals surface area (Å²) in [5.74, 6) is -0.480.